The van der Waals surface area contributed by atoms with E-state index in [2.05, 4.69) is 10.6 Å². The number of nitrogens with one attached hydrogen (secondary N) is 2. The van der Waals surface area contributed by atoms with Gasteiger partial charge in [-0.25, -0.2) is 0 Å². The Bertz CT molecular complexity index is 703. The predicted molar refractivity (Wildman–Crippen MR) is 99.9 cm³/mol. The Balaban J connectivity index is 0.00000208. The number of hydrogen-bond donors (Lipinski definition) is 2. The highest BCUT2D eigenvalue weighted by atomic mass is 35.5. The summed E-state index contributed by atoms with van der Waals surface area (Å²) in [6, 6.07) is 16.9. The van der Waals surface area contributed by atoms with Gasteiger partial charge >= 0.3 is 0 Å². The fourth-order valence-corrected chi connectivity index (χ4v) is 3.79. The molecule has 1 amide bonds. The molecule has 0 spiro atoms. The summed E-state index contributed by atoms with van der Waals surface area (Å²) in [7, 11) is -1.08. The third-order valence-electron chi connectivity index (χ3n) is 3.88. The van der Waals surface area contributed by atoms with Gasteiger partial charge in [-0.3, -0.25) is 9.00 Å². The van der Waals surface area contributed by atoms with Crippen LogP contribution in [0, 0.1) is 0 Å². The molecular weight excluding hydrogens is 344 g/mol. The Morgan fingerprint density at radius 1 is 1.17 bits per heavy atom. The highest BCUT2D eigenvalue weighted by Crippen LogP contribution is 2.17. The van der Waals surface area contributed by atoms with Crippen LogP contribution in [0.1, 0.15) is 18.4 Å². The molecule has 1 fully saturated rings. The molecule has 2 N–H and O–H groups in total. The predicted octanol–water partition coefficient (Wildman–Crippen LogP) is 3.11. The second kappa shape index (κ2) is 8.97. The molecule has 2 atom stereocenters. The lowest BCUT2D eigenvalue weighted by atomic mass is 10.2. The molecule has 2 unspecified atom stereocenters. The summed E-state index contributed by atoms with van der Waals surface area (Å²) in [4.78, 5) is 13.0. The van der Waals surface area contributed by atoms with Gasteiger partial charge in [0.05, 0.1) is 22.6 Å². The smallest absolute Gasteiger partial charge is 0.241 e. The Kier molecular flexibility index (Phi) is 6.97. The lowest BCUT2D eigenvalue weighted by molar-refractivity contribution is -0.117. The normalized spacial score (nSPS) is 17.8. The molecule has 0 aromatic heterocycles. The molecule has 2 aromatic carbocycles. The van der Waals surface area contributed by atoms with Gasteiger partial charge in [-0.1, -0.05) is 30.3 Å². The molecule has 24 heavy (non-hydrogen) atoms. The summed E-state index contributed by atoms with van der Waals surface area (Å²) in [6.07, 6.45) is 1.91. The number of carbonyl (C=O) groups is 1. The highest BCUT2D eigenvalue weighted by Gasteiger charge is 2.21. The van der Waals surface area contributed by atoms with E-state index in [1.54, 1.807) is 0 Å². The van der Waals surface area contributed by atoms with Crippen LogP contribution in [-0.2, 0) is 21.3 Å². The number of halogens is 1. The highest BCUT2D eigenvalue weighted by molar-refractivity contribution is 7.84. The molecule has 3 rings (SSSR count). The molecule has 1 saturated heterocycles. The SMILES string of the molecule is Cl.O=C(Nc1cccc(CS(=O)c2ccccc2)c1)C1CCCN1. The summed E-state index contributed by atoms with van der Waals surface area (Å²) < 4.78 is 12.4. The van der Waals surface area contributed by atoms with Crippen LogP contribution in [0.15, 0.2) is 59.5 Å². The van der Waals surface area contributed by atoms with Crippen LogP contribution in [0.2, 0.25) is 0 Å². The summed E-state index contributed by atoms with van der Waals surface area (Å²) in [5, 5.41) is 6.12. The van der Waals surface area contributed by atoms with E-state index in [1.807, 2.05) is 54.6 Å². The first-order valence-corrected chi connectivity index (χ1v) is 9.11. The lowest BCUT2D eigenvalue weighted by Gasteiger charge is -2.12. The molecule has 1 heterocycles. The van der Waals surface area contributed by atoms with Crippen molar-refractivity contribution >= 4 is 34.8 Å². The lowest BCUT2D eigenvalue weighted by Crippen LogP contribution is -2.35. The largest absolute Gasteiger partial charge is 0.325 e. The Morgan fingerprint density at radius 2 is 1.96 bits per heavy atom. The van der Waals surface area contributed by atoms with Gasteiger partial charge in [0.25, 0.3) is 0 Å². The molecule has 6 heteroatoms. The first-order valence-electron chi connectivity index (χ1n) is 7.79. The van der Waals surface area contributed by atoms with Crippen LogP contribution >= 0.6 is 12.4 Å². The van der Waals surface area contributed by atoms with E-state index in [9.17, 15) is 9.00 Å². The Hall–Kier alpha value is -1.69. The maximum atomic E-state index is 12.4. The fraction of sp³-hybridized carbons (Fsp3) is 0.278. The van der Waals surface area contributed by atoms with Gasteiger partial charge in [0.1, 0.15) is 0 Å². The van der Waals surface area contributed by atoms with E-state index >= 15 is 0 Å². The minimum absolute atomic E-state index is 0. The van der Waals surface area contributed by atoms with E-state index in [0.29, 0.717) is 5.75 Å². The second-order valence-electron chi connectivity index (χ2n) is 5.64. The number of anilines is 1. The standard InChI is InChI=1S/C18H20N2O2S.ClH/c21-18(17-10-5-11-19-17)20-15-7-4-6-14(12-15)13-23(22)16-8-2-1-3-9-16;/h1-4,6-9,12,17,19H,5,10-11,13H2,(H,20,21);1H. The molecule has 0 radical (unpaired) electrons. The van der Waals surface area contributed by atoms with Gasteiger partial charge in [-0.15, -0.1) is 12.4 Å². The molecule has 1 aliphatic heterocycles. The third-order valence-corrected chi connectivity index (χ3v) is 5.27. The minimum atomic E-state index is -1.08. The van der Waals surface area contributed by atoms with Crippen LogP contribution < -0.4 is 10.6 Å². The zero-order valence-corrected chi connectivity index (χ0v) is 14.9. The monoisotopic (exact) mass is 364 g/mol. The maximum Gasteiger partial charge on any atom is 0.241 e. The number of benzene rings is 2. The van der Waals surface area contributed by atoms with Crippen molar-refractivity contribution in [3.63, 3.8) is 0 Å². The van der Waals surface area contributed by atoms with Gasteiger partial charge in [-0.05, 0) is 49.2 Å². The first-order chi connectivity index (χ1) is 11.2. The van der Waals surface area contributed by atoms with Gasteiger partial charge in [-0.2, -0.15) is 0 Å². The number of carbonyl (C=O) groups excluding carboxylic acids is 1. The van der Waals surface area contributed by atoms with Crippen molar-refractivity contribution in [3.05, 3.63) is 60.2 Å². The van der Waals surface area contributed by atoms with Crippen molar-refractivity contribution in [2.75, 3.05) is 11.9 Å². The van der Waals surface area contributed by atoms with Crippen LogP contribution in [0.3, 0.4) is 0 Å². The number of hydrogen-bond acceptors (Lipinski definition) is 3. The topological polar surface area (TPSA) is 58.2 Å². The molecule has 128 valence electrons. The van der Waals surface area contributed by atoms with E-state index in [0.717, 1.165) is 35.5 Å². The summed E-state index contributed by atoms with van der Waals surface area (Å²) in [6.45, 7) is 0.897. The van der Waals surface area contributed by atoms with E-state index < -0.39 is 10.8 Å². The Morgan fingerprint density at radius 3 is 2.67 bits per heavy atom. The van der Waals surface area contributed by atoms with Crippen molar-refractivity contribution in [3.8, 4) is 0 Å². The van der Waals surface area contributed by atoms with Crippen LogP contribution in [0.25, 0.3) is 0 Å². The molecule has 0 bridgehead atoms. The van der Waals surface area contributed by atoms with E-state index in [4.69, 9.17) is 0 Å². The molecule has 0 aliphatic carbocycles. The molecule has 4 nitrogen and oxygen atoms in total. The summed E-state index contributed by atoms with van der Waals surface area (Å²) in [5.74, 6) is 0.443. The van der Waals surface area contributed by atoms with Gasteiger partial charge in [0.15, 0.2) is 0 Å². The zero-order valence-electron chi connectivity index (χ0n) is 13.2. The minimum Gasteiger partial charge on any atom is -0.325 e. The average molecular weight is 365 g/mol. The van der Waals surface area contributed by atoms with Crippen molar-refractivity contribution in [1.82, 2.24) is 5.32 Å². The third kappa shape index (κ3) is 4.90. The van der Waals surface area contributed by atoms with Crippen LogP contribution in [0.5, 0.6) is 0 Å². The van der Waals surface area contributed by atoms with Crippen molar-refractivity contribution in [2.45, 2.75) is 29.5 Å². The molecule has 1 aliphatic rings. The summed E-state index contributed by atoms with van der Waals surface area (Å²) in [5.41, 5.74) is 1.70. The molecule has 0 saturated carbocycles. The van der Waals surface area contributed by atoms with E-state index in [-0.39, 0.29) is 24.4 Å². The summed E-state index contributed by atoms with van der Waals surface area (Å²) >= 11 is 0. The fourth-order valence-electron chi connectivity index (χ4n) is 2.68. The van der Waals surface area contributed by atoms with Gasteiger partial charge in [0, 0.05) is 10.6 Å². The van der Waals surface area contributed by atoms with Gasteiger partial charge < -0.3 is 10.6 Å². The molecular formula is C18H21ClN2O2S. The number of rotatable bonds is 5. The van der Waals surface area contributed by atoms with Gasteiger partial charge in [0.2, 0.25) is 5.91 Å². The number of amides is 1. The van der Waals surface area contributed by atoms with Crippen LogP contribution in [-0.4, -0.2) is 22.7 Å². The van der Waals surface area contributed by atoms with Crippen molar-refractivity contribution in [2.24, 2.45) is 0 Å². The maximum absolute atomic E-state index is 12.4. The zero-order chi connectivity index (χ0) is 16.1. The van der Waals surface area contributed by atoms with E-state index in [1.165, 1.54) is 0 Å². The Labute approximate surface area is 150 Å². The van der Waals surface area contributed by atoms with Crippen LogP contribution in [0.4, 0.5) is 5.69 Å². The average Bonchev–Trinajstić information content (AvgIpc) is 3.10. The molecule has 2 aromatic rings. The quantitative estimate of drug-likeness (QED) is 0.857. The van der Waals surface area contributed by atoms with Crippen molar-refractivity contribution < 1.29 is 9.00 Å². The first kappa shape index (κ1) is 18.6. The second-order valence-corrected chi connectivity index (χ2v) is 7.09. The van der Waals surface area contributed by atoms with Crippen molar-refractivity contribution in [1.29, 1.82) is 0 Å².